The number of nitrogens with one attached hydrogen (secondary N) is 1. The van der Waals surface area contributed by atoms with Crippen LogP contribution in [0.3, 0.4) is 0 Å². The molecule has 19 heavy (non-hydrogen) atoms. The maximum Gasteiger partial charge on any atom is 0.323 e. The molecule has 0 aliphatic rings. The van der Waals surface area contributed by atoms with Crippen molar-refractivity contribution in [2.24, 2.45) is 0 Å². The third-order valence-electron chi connectivity index (χ3n) is 2.46. The first kappa shape index (κ1) is 17.6. The lowest BCUT2D eigenvalue weighted by molar-refractivity contribution is -0.138. The fourth-order valence-electron chi connectivity index (χ4n) is 1.30. The summed E-state index contributed by atoms with van der Waals surface area (Å²) in [4.78, 5) is 23.6. The number of amides is 2. The molecule has 0 saturated carbocycles. The summed E-state index contributed by atoms with van der Waals surface area (Å²) in [6.07, 6.45) is -1.93. The Bertz CT molecular complexity index is 290. The topological polar surface area (TPSA) is 78.9 Å². The molecule has 0 heterocycles. The molecule has 6 nitrogen and oxygen atoms in total. The molecule has 0 aliphatic carbocycles. The summed E-state index contributed by atoms with van der Waals surface area (Å²) >= 11 is 0. The summed E-state index contributed by atoms with van der Waals surface area (Å²) in [5.41, 5.74) is 0. The summed E-state index contributed by atoms with van der Waals surface area (Å²) in [6.45, 7) is 2.49. The molecular formula is C11H20F2N2O4. The molecule has 8 heteroatoms. The van der Waals surface area contributed by atoms with Gasteiger partial charge in [-0.1, -0.05) is 6.92 Å². The van der Waals surface area contributed by atoms with Crippen LogP contribution in [0.25, 0.3) is 0 Å². The van der Waals surface area contributed by atoms with Gasteiger partial charge in [-0.25, -0.2) is 13.6 Å². The molecule has 0 fully saturated rings. The van der Waals surface area contributed by atoms with Crippen LogP contribution >= 0.6 is 0 Å². The molecule has 0 radical (unpaired) electrons. The highest BCUT2D eigenvalue weighted by atomic mass is 19.3. The second-order valence-electron chi connectivity index (χ2n) is 3.98. The van der Waals surface area contributed by atoms with Gasteiger partial charge in [0.1, 0.15) is 13.2 Å². The molecule has 0 aliphatic heterocycles. The van der Waals surface area contributed by atoms with E-state index >= 15 is 0 Å². The monoisotopic (exact) mass is 282 g/mol. The number of carboxylic acid groups (broad SMARTS) is 1. The fraction of sp³-hybridized carbons (Fsp3) is 0.818. The number of ether oxygens (including phenoxy) is 1. The number of carbonyl (C=O) groups excluding carboxylic acids is 1. The van der Waals surface area contributed by atoms with Crippen LogP contribution in [0.1, 0.15) is 20.3 Å². The summed E-state index contributed by atoms with van der Waals surface area (Å²) in [5.74, 6) is -1.11. The van der Waals surface area contributed by atoms with Crippen molar-refractivity contribution in [3.05, 3.63) is 0 Å². The van der Waals surface area contributed by atoms with E-state index in [0.29, 0.717) is 6.42 Å². The van der Waals surface area contributed by atoms with E-state index in [-0.39, 0.29) is 19.2 Å². The second-order valence-corrected chi connectivity index (χ2v) is 3.98. The first-order chi connectivity index (χ1) is 8.88. The highest BCUT2D eigenvalue weighted by Gasteiger charge is 2.20. The van der Waals surface area contributed by atoms with Gasteiger partial charge < -0.3 is 20.1 Å². The molecule has 2 N–H and O–H groups in total. The zero-order valence-electron chi connectivity index (χ0n) is 11.1. The van der Waals surface area contributed by atoms with E-state index in [4.69, 9.17) is 5.11 Å². The van der Waals surface area contributed by atoms with Gasteiger partial charge in [0.2, 0.25) is 0 Å². The normalized spacial score (nSPS) is 12.3. The van der Waals surface area contributed by atoms with Crippen LogP contribution < -0.4 is 5.32 Å². The Morgan fingerprint density at radius 3 is 2.53 bits per heavy atom. The predicted molar refractivity (Wildman–Crippen MR) is 64.3 cm³/mol. The minimum Gasteiger partial charge on any atom is -0.480 e. The van der Waals surface area contributed by atoms with Crippen LogP contribution in [0.4, 0.5) is 13.6 Å². The number of carbonyl (C=O) groups is 2. The van der Waals surface area contributed by atoms with E-state index in [0.717, 1.165) is 0 Å². The highest BCUT2D eigenvalue weighted by Crippen LogP contribution is 2.03. The number of rotatable bonds is 9. The first-order valence-corrected chi connectivity index (χ1v) is 6.00. The summed E-state index contributed by atoms with van der Waals surface area (Å²) < 4.78 is 28.1. The number of hydrogen-bond donors (Lipinski definition) is 2. The molecule has 0 saturated heterocycles. The molecular weight excluding hydrogens is 262 g/mol. The Balaban J connectivity index is 4.07. The molecule has 1 unspecified atom stereocenters. The van der Waals surface area contributed by atoms with Gasteiger partial charge in [-0.15, -0.1) is 0 Å². The molecule has 0 aromatic carbocycles. The van der Waals surface area contributed by atoms with Gasteiger partial charge >= 0.3 is 12.0 Å². The number of alkyl halides is 2. The van der Waals surface area contributed by atoms with Crippen LogP contribution in [0.5, 0.6) is 0 Å². The largest absolute Gasteiger partial charge is 0.480 e. The van der Waals surface area contributed by atoms with Crippen molar-refractivity contribution in [3.63, 3.8) is 0 Å². The summed E-state index contributed by atoms with van der Waals surface area (Å²) in [7, 11) is 0. The van der Waals surface area contributed by atoms with Gasteiger partial charge in [-0.3, -0.25) is 4.79 Å². The minimum absolute atomic E-state index is 0.0441. The number of halogens is 2. The first-order valence-electron chi connectivity index (χ1n) is 6.00. The van der Waals surface area contributed by atoms with Crippen LogP contribution in [-0.2, 0) is 9.53 Å². The zero-order chi connectivity index (χ0) is 14.8. The molecule has 112 valence electrons. The Morgan fingerprint density at radius 1 is 1.42 bits per heavy atom. The average molecular weight is 282 g/mol. The smallest absolute Gasteiger partial charge is 0.323 e. The third kappa shape index (κ3) is 8.30. The Hall–Kier alpha value is -1.44. The molecule has 0 spiro atoms. The van der Waals surface area contributed by atoms with E-state index in [2.05, 4.69) is 10.1 Å². The number of carboxylic acids is 1. The lowest BCUT2D eigenvalue weighted by Gasteiger charge is -2.27. The molecule has 0 bridgehead atoms. The molecule has 0 aromatic rings. The second kappa shape index (κ2) is 9.48. The summed E-state index contributed by atoms with van der Waals surface area (Å²) in [6, 6.07) is -0.768. The minimum atomic E-state index is -2.54. The van der Waals surface area contributed by atoms with Gasteiger partial charge in [-0.05, 0) is 13.3 Å². The Labute approximate surface area is 110 Å². The van der Waals surface area contributed by atoms with Crippen LogP contribution in [0, 0.1) is 0 Å². The Morgan fingerprint density at radius 2 is 2.05 bits per heavy atom. The van der Waals surface area contributed by atoms with Gasteiger partial charge in [0, 0.05) is 12.6 Å². The van der Waals surface area contributed by atoms with Gasteiger partial charge in [0.05, 0.1) is 6.61 Å². The van der Waals surface area contributed by atoms with Crippen LogP contribution in [0.2, 0.25) is 0 Å². The SMILES string of the molecule is CCC(C)N(CC(=O)O)C(=O)NCCOCC(F)F. The van der Waals surface area contributed by atoms with Crippen molar-refractivity contribution < 1.29 is 28.2 Å². The fourth-order valence-corrected chi connectivity index (χ4v) is 1.30. The van der Waals surface area contributed by atoms with E-state index in [1.54, 1.807) is 6.92 Å². The van der Waals surface area contributed by atoms with Crippen molar-refractivity contribution in [3.8, 4) is 0 Å². The highest BCUT2D eigenvalue weighted by molar-refractivity contribution is 5.80. The quantitative estimate of drug-likeness (QED) is 0.622. The molecule has 1 atom stereocenters. The van der Waals surface area contributed by atoms with Crippen molar-refractivity contribution in [1.82, 2.24) is 10.2 Å². The van der Waals surface area contributed by atoms with Crippen LogP contribution in [0.15, 0.2) is 0 Å². The van der Waals surface area contributed by atoms with Gasteiger partial charge in [0.15, 0.2) is 0 Å². The van der Waals surface area contributed by atoms with E-state index < -0.39 is 31.6 Å². The Kier molecular flexibility index (Phi) is 8.77. The molecule has 0 rings (SSSR count). The van der Waals surface area contributed by atoms with E-state index in [1.807, 2.05) is 6.92 Å². The third-order valence-corrected chi connectivity index (χ3v) is 2.46. The van der Waals surface area contributed by atoms with Crippen molar-refractivity contribution in [1.29, 1.82) is 0 Å². The van der Waals surface area contributed by atoms with E-state index in [1.165, 1.54) is 4.90 Å². The zero-order valence-corrected chi connectivity index (χ0v) is 11.1. The molecule has 0 aromatic heterocycles. The van der Waals surface area contributed by atoms with Crippen molar-refractivity contribution in [2.45, 2.75) is 32.7 Å². The average Bonchev–Trinajstić information content (AvgIpc) is 2.33. The maximum atomic E-state index is 11.8. The number of hydrogen-bond acceptors (Lipinski definition) is 3. The molecule has 2 amide bonds. The maximum absolute atomic E-state index is 11.8. The standard InChI is InChI=1S/C11H20F2N2O4/c1-3-8(2)15(6-10(16)17)11(18)14-4-5-19-7-9(12)13/h8-9H,3-7H2,1-2H3,(H,14,18)(H,16,17). The predicted octanol–water partition coefficient (Wildman–Crippen LogP) is 1.16. The van der Waals surface area contributed by atoms with E-state index in [9.17, 15) is 18.4 Å². The van der Waals surface area contributed by atoms with Crippen molar-refractivity contribution >= 4 is 12.0 Å². The lowest BCUT2D eigenvalue weighted by atomic mass is 10.2. The lowest BCUT2D eigenvalue weighted by Crippen LogP contribution is -2.48. The number of aliphatic carboxylic acids is 1. The summed E-state index contributed by atoms with van der Waals surface area (Å²) in [5, 5.41) is 11.1. The van der Waals surface area contributed by atoms with Crippen LogP contribution in [-0.4, -0.2) is 60.8 Å². The van der Waals surface area contributed by atoms with Crippen molar-refractivity contribution in [2.75, 3.05) is 26.3 Å². The number of nitrogens with zero attached hydrogens (tertiary/aromatic N) is 1. The van der Waals surface area contributed by atoms with Gasteiger partial charge in [-0.2, -0.15) is 0 Å². The van der Waals surface area contributed by atoms with Gasteiger partial charge in [0.25, 0.3) is 6.43 Å². The number of urea groups is 1.